The minimum absolute atomic E-state index is 0.0392. The van der Waals surface area contributed by atoms with Crippen LogP contribution in [0.4, 0.5) is 4.39 Å². The molecule has 1 N–H and O–H groups in total. The average molecular weight is 589 g/mol. The molecule has 40 heavy (non-hydrogen) atoms. The van der Waals surface area contributed by atoms with E-state index in [4.69, 9.17) is 9.47 Å². The molecule has 1 saturated carbocycles. The van der Waals surface area contributed by atoms with Gasteiger partial charge < -0.3 is 14.8 Å². The number of halogens is 1. The van der Waals surface area contributed by atoms with Gasteiger partial charge in [-0.1, -0.05) is 0 Å². The molecule has 1 aliphatic carbocycles. The normalized spacial score (nSPS) is 19.9. The lowest BCUT2D eigenvalue weighted by Crippen LogP contribution is -2.46. The molecule has 1 amide bonds. The summed E-state index contributed by atoms with van der Waals surface area (Å²) >= 11 is 3.25. The van der Waals surface area contributed by atoms with Gasteiger partial charge >= 0.3 is 5.69 Å². The molecule has 9 nitrogen and oxygen atoms in total. The third-order valence-corrected chi connectivity index (χ3v) is 9.67. The molecule has 5 rings (SSSR count). The number of pyridine rings is 1. The number of aromatic nitrogens is 3. The second kappa shape index (κ2) is 12.7. The fourth-order valence-electron chi connectivity index (χ4n) is 5.60. The van der Waals surface area contributed by atoms with Crippen molar-refractivity contribution >= 4 is 40.5 Å². The summed E-state index contributed by atoms with van der Waals surface area (Å²) in [5, 5.41) is 3.23. The molecule has 0 atom stereocenters. The molecule has 1 aliphatic heterocycles. The van der Waals surface area contributed by atoms with Gasteiger partial charge in [0.15, 0.2) is 11.5 Å². The van der Waals surface area contributed by atoms with Crippen molar-refractivity contribution in [3.63, 3.8) is 0 Å². The van der Waals surface area contributed by atoms with Crippen molar-refractivity contribution in [3.8, 4) is 11.5 Å². The van der Waals surface area contributed by atoms with Gasteiger partial charge in [0.25, 0.3) is 5.56 Å². The zero-order valence-electron chi connectivity index (χ0n) is 22.6. The summed E-state index contributed by atoms with van der Waals surface area (Å²) < 4.78 is 27.7. The van der Waals surface area contributed by atoms with Crippen LogP contribution >= 0.6 is 23.5 Å². The first kappa shape index (κ1) is 28.5. The van der Waals surface area contributed by atoms with Gasteiger partial charge in [0.1, 0.15) is 11.5 Å². The zero-order valence-corrected chi connectivity index (χ0v) is 24.2. The number of carbonyl (C=O) groups is 1. The predicted octanol–water partition coefficient (Wildman–Crippen LogP) is 4.17. The summed E-state index contributed by atoms with van der Waals surface area (Å²) in [6, 6.07) is 6.29. The number of hydrogen-bond donors (Lipinski definition) is 1. The Hall–Kier alpha value is -2.99. The number of benzene rings is 1. The van der Waals surface area contributed by atoms with E-state index >= 15 is 0 Å². The van der Waals surface area contributed by atoms with Crippen molar-refractivity contribution in [1.29, 1.82) is 0 Å². The van der Waals surface area contributed by atoms with E-state index in [1.807, 2.05) is 23.9 Å². The molecule has 0 bridgehead atoms. The second-order valence-electron chi connectivity index (χ2n) is 10.1. The van der Waals surface area contributed by atoms with E-state index < -0.39 is 11.4 Å². The number of ether oxygens (including phenoxy) is 2. The Morgan fingerprint density at radius 1 is 1.02 bits per heavy atom. The van der Waals surface area contributed by atoms with E-state index in [1.54, 1.807) is 24.9 Å². The SMILES string of the molecule is COc1ccc(SCC(=O)N[C@H]2CC[C@@H](n3c(=O)c4cc(F)cnc4n(C4CCSCC4)c3=O)CC2)cc1OC. The summed E-state index contributed by atoms with van der Waals surface area (Å²) in [5.41, 5.74) is -0.600. The number of hydrogen-bond acceptors (Lipinski definition) is 8. The number of nitrogens with zero attached hydrogens (tertiary/aromatic N) is 3. The number of amides is 1. The highest BCUT2D eigenvalue weighted by molar-refractivity contribution is 8.00. The van der Waals surface area contributed by atoms with E-state index in [0.717, 1.165) is 35.4 Å². The van der Waals surface area contributed by atoms with Crippen LogP contribution in [0.25, 0.3) is 11.0 Å². The maximum absolute atomic E-state index is 14.1. The highest BCUT2D eigenvalue weighted by Crippen LogP contribution is 2.33. The molecule has 0 spiro atoms. The molecule has 0 radical (unpaired) electrons. The van der Waals surface area contributed by atoms with Crippen molar-refractivity contribution in [1.82, 2.24) is 19.4 Å². The first-order valence-corrected chi connectivity index (χ1v) is 15.6. The van der Waals surface area contributed by atoms with Gasteiger partial charge in [-0.15, -0.1) is 11.8 Å². The maximum atomic E-state index is 14.1. The summed E-state index contributed by atoms with van der Waals surface area (Å²) in [5.74, 6) is 2.66. The maximum Gasteiger partial charge on any atom is 0.333 e. The fraction of sp³-hybridized carbons (Fsp3) is 0.500. The van der Waals surface area contributed by atoms with E-state index in [9.17, 15) is 18.8 Å². The Labute approximate surface area is 239 Å². The summed E-state index contributed by atoms with van der Waals surface area (Å²) in [6.45, 7) is 0. The van der Waals surface area contributed by atoms with Gasteiger partial charge in [-0.3, -0.25) is 18.7 Å². The summed E-state index contributed by atoms with van der Waals surface area (Å²) in [4.78, 5) is 44.9. The highest BCUT2D eigenvalue weighted by atomic mass is 32.2. The lowest BCUT2D eigenvalue weighted by molar-refractivity contribution is -0.119. The Morgan fingerprint density at radius 3 is 2.42 bits per heavy atom. The van der Waals surface area contributed by atoms with Crippen molar-refractivity contribution in [2.75, 3.05) is 31.5 Å². The number of nitrogens with one attached hydrogen (secondary N) is 1. The van der Waals surface area contributed by atoms with Gasteiger partial charge in [-0.2, -0.15) is 11.8 Å². The van der Waals surface area contributed by atoms with Gasteiger partial charge in [-0.25, -0.2) is 14.2 Å². The van der Waals surface area contributed by atoms with E-state index in [0.29, 0.717) is 37.2 Å². The molecule has 3 aromatic rings. The van der Waals surface area contributed by atoms with Crippen molar-refractivity contribution < 1.29 is 18.7 Å². The first-order chi connectivity index (χ1) is 19.4. The van der Waals surface area contributed by atoms with Gasteiger partial charge in [0, 0.05) is 23.0 Å². The van der Waals surface area contributed by atoms with Gasteiger partial charge in [0.05, 0.1) is 31.6 Å². The van der Waals surface area contributed by atoms with Gasteiger partial charge in [-0.05, 0) is 74.3 Å². The lowest BCUT2D eigenvalue weighted by atomic mass is 9.91. The summed E-state index contributed by atoms with van der Waals surface area (Å²) in [6.07, 6.45) is 5.09. The summed E-state index contributed by atoms with van der Waals surface area (Å²) in [7, 11) is 3.15. The number of methoxy groups -OCH3 is 2. The monoisotopic (exact) mass is 588 g/mol. The number of fused-ring (bicyclic) bond motifs is 1. The second-order valence-corrected chi connectivity index (χ2v) is 12.3. The third kappa shape index (κ3) is 6.02. The molecular weight excluding hydrogens is 555 g/mol. The predicted molar refractivity (Wildman–Crippen MR) is 156 cm³/mol. The quantitative estimate of drug-likeness (QED) is 0.391. The first-order valence-electron chi connectivity index (χ1n) is 13.4. The molecule has 2 fully saturated rings. The largest absolute Gasteiger partial charge is 0.493 e. The smallest absolute Gasteiger partial charge is 0.333 e. The van der Waals surface area contributed by atoms with Crippen LogP contribution < -0.4 is 26.0 Å². The zero-order chi connectivity index (χ0) is 28.2. The standard InChI is InChI=1S/C28H33FN4O5S2/c1-37-23-8-7-21(14-24(23)38-2)40-16-25(34)31-18-3-5-19(6-4-18)33-27(35)22-13-17(29)15-30-26(22)32(28(33)36)20-9-11-39-12-10-20/h7-8,13-15,18-20H,3-6,9-12,16H2,1-2H3,(H,31,34)/t18-,19+. The lowest BCUT2D eigenvalue weighted by Gasteiger charge is -2.31. The minimum atomic E-state index is -0.599. The molecule has 214 valence electrons. The van der Waals surface area contributed by atoms with Crippen LogP contribution in [0.15, 0.2) is 44.9 Å². The molecule has 3 heterocycles. The van der Waals surface area contributed by atoms with Crippen LogP contribution in [0.5, 0.6) is 11.5 Å². The van der Waals surface area contributed by atoms with Crippen molar-refractivity contribution in [3.05, 3.63) is 57.1 Å². The average Bonchev–Trinajstić information content (AvgIpc) is 2.97. The fourth-order valence-corrected chi connectivity index (χ4v) is 7.42. The molecule has 2 aliphatic rings. The Kier molecular flexibility index (Phi) is 9.04. The highest BCUT2D eigenvalue weighted by Gasteiger charge is 2.29. The number of thioether (sulfide) groups is 2. The van der Waals surface area contributed by atoms with E-state index in [-0.39, 0.29) is 46.5 Å². The van der Waals surface area contributed by atoms with Crippen molar-refractivity contribution in [2.24, 2.45) is 0 Å². The van der Waals surface area contributed by atoms with E-state index in [1.165, 1.54) is 22.4 Å². The Balaban J connectivity index is 1.27. The third-order valence-electron chi connectivity index (χ3n) is 7.63. The van der Waals surface area contributed by atoms with Crippen LogP contribution in [0.3, 0.4) is 0 Å². The van der Waals surface area contributed by atoms with Gasteiger partial charge in [0.2, 0.25) is 5.91 Å². The molecule has 12 heteroatoms. The topological polar surface area (TPSA) is 104 Å². The molecule has 1 saturated heterocycles. The molecule has 2 aromatic heterocycles. The minimum Gasteiger partial charge on any atom is -0.493 e. The van der Waals surface area contributed by atoms with Crippen molar-refractivity contribution in [2.45, 2.75) is 61.5 Å². The molecule has 1 aromatic carbocycles. The molecule has 0 unspecified atom stereocenters. The van der Waals surface area contributed by atoms with Crippen LogP contribution in [0, 0.1) is 5.82 Å². The van der Waals surface area contributed by atoms with Crippen LogP contribution in [-0.4, -0.2) is 57.5 Å². The Bertz CT molecular complexity index is 1500. The van der Waals surface area contributed by atoms with Crippen LogP contribution in [0.2, 0.25) is 0 Å². The van der Waals surface area contributed by atoms with Crippen LogP contribution in [-0.2, 0) is 4.79 Å². The van der Waals surface area contributed by atoms with Crippen LogP contribution in [0.1, 0.15) is 50.6 Å². The number of carbonyl (C=O) groups excluding carboxylic acids is 1. The molecular formula is C28H33FN4O5S2. The number of rotatable bonds is 8. The van der Waals surface area contributed by atoms with E-state index in [2.05, 4.69) is 10.3 Å². The Morgan fingerprint density at radius 2 is 1.73 bits per heavy atom.